The molecule has 0 aromatic carbocycles. The number of halogens is 1. The van der Waals surface area contributed by atoms with Gasteiger partial charge in [-0.05, 0) is 0 Å². The van der Waals surface area contributed by atoms with Gasteiger partial charge in [-0.2, -0.15) is 0 Å². The van der Waals surface area contributed by atoms with Gasteiger partial charge < -0.3 is 0 Å². The van der Waals surface area contributed by atoms with Gasteiger partial charge in [0.1, 0.15) is 0 Å². The average Bonchev–Trinajstić information content (AvgIpc) is 1.85. The van der Waals surface area contributed by atoms with Crippen LogP contribution in [0.3, 0.4) is 0 Å². The SMILES string of the molecule is C=C(C)[I-]C(=O)C(N)=[N][Tl]. The molecule has 54 valence electrons. The summed E-state index contributed by atoms with van der Waals surface area (Å²) in [4.78, 5) is 10.9. The second kappa shape index (κ2) is 5.22. The van der Waals surface area contributed by atoms with Crippen LogP contribution in [0.5, 0.6) is 0 Å². The van der Waals surface area contributed by atoms with E-state index in [1.165, 1.54) is 0 Å². The van der Waals surface area contributed by atoms with Crippen molar-refractivity contribution in [1.82, 2.24) is 0 Å². The van der Waals surface area contributed by atoms with Crippen molar-refractivity contribution in [2.75, 3.05) is 0 Å². The first kappa shape index (κ1) is 10.5. The van der Waals surface area contributed by atoms with Crippen LogP contribution in [0.2, 0.25) is 0 Å². The molecule has 0 fully saturated rings. The predicted molar refractivity (Wildman–Crippen MR) is 37.2 cm³/mol. The van der Waals surface area contributed by atoms with Crippen LogP contribution < -0.4 is 26.9 Å². The average molecular weight is 442 g/mol. The van der Waals surface area contributed by atoms with Crippen molar-refractivity contribution in [3.05, 3.63) is 10.2 Å². The quantitative estimate of drug-likeness (QED) is 0.163. The van der Waals surface area contributed by atoms with Crippen molar-refractivity contribution in [3.63, 3.8) is 0 Å². The minimum atomic E-state index is -0.607. The van der Waals surface area contributed by atoms with Crippen LogP contribution in [0.1, 0.15) is 6.92 Å². The van der Waals surface area contributed by atoms with Gasteiger partial charge in [-0.1, -0.05) is 0 Å². The van der Waals surface area contributed by atoms with E-state index in [4.69, 9.17) is 5.73 Å². The van der Waals surface area contributed by atoms with E-state index in [1.54, 1.807) is 0 Å². The van der Waals surface area contributed by atoms with Crippen LogP contribution in [-0.2, 0) is 4.79 Å². The molecule has 0 spiro atoms. The van der Waals surface area contributed by atoms with Crippen LogP contribution >= 0.6 is 0 Å². The fourth-order valence-electron chi connectivity index (χ4n) is 0.246. The Morgan fingerprint density at radius 1 is 1.80 bits per heavy atom. The van der Waals surface area contributed by atoms with E-state index < -0.39 is 21.2 Å². The zero-order valence-electron chi connectivity index (χ0n) is 5.60. The van der Waals surface area contributed by atoms with E-state index in [1.807, 2.05) is 6.92 Å². The van der Waals surface area contributed by atoms with Crippen molar-refractivity contribution in [1.29, 1.82) is 0 Å². The summed E-state index contributed by atoms with van der Waals surface area (Å²) in [5.41, 5.74) is 5.29. The fourth-order valence-corrected chi connectivity index (χ4v) is 2.97. The molecule has 0 amide bonds. The van der Waals surface area contributed by atoms with Crippen LogP contribution in [-0.4, -0.2) is 35.7 Å². The van der Waals surface area contributed by atoms with Gasteiger partial charge in [0.05, 0.1) is 0 Å². The van der Waals surface area contributed by atoms with Crippen molar-refractivity contribution < 1.29 is 26.0 Å². The summed E-state index contributed by atoms with van der Waals surface area (Å²) < 4.78 is 4.66. The molecule has 0 bridgehead atoms. The normalized spacial score (nSPS) is 11.4. The van der Waals surface area contributed by atoms with Crippen LogP contribution in [0, 0.1) is 0 Å². The molecule has 0 radical (unpaired) electrons. The Kier molecular flexibility index (Phi) is 5.50. The Hall–Kier alpha value is 0.532. The van der Waals surface area contributed by atoms with Gasteiger partial charge in [-0.3, -0.25) is 0 Å². The van der Waals surface area contributed by atoms with Gasteiger partial charge in [0.2, 0.25) is 0 Å². The van der Waals surface area contributed by atoms with E-state index >= 15 is 0 Å². The summed E-state index contributed by atoms with van der Waals surface area (Å²) in [7, 11) is 0. The van der Waals surface area contributed by atoms with Crippen molar-refractivity contribution in [3.8, 4) is 0 Å². The van der Waals surface area contributed by atoms with Gasteiger partial charge in [-0.15, -0.1) is 0 Å². The van der Waals surface area contributed by atoms with Gasteiger partial charge in [0.25, 0.3) is 0 Å². The van der Waals surface area contributed by atoms with E-state index in [0.29, 0.717) is 26.1 Å². The maximum atomic E-state index is 10.9. The number of hydrogen-bond acceptors (Lipinski definition) is 2. The Bertz CT molecular complexity index is 190. The van der Waals surface area contributed by atoms with Gasteiger partial charge in [0, 0.05) is 0 Å². The number of allylic oxidation sites excluding steroid dienone is 1. The maximum absolute atomic E-state index is 10.9. The van der Waals surface area contributed by atoms with E-state index in [-0.39, 0.29) is 9.63 Å². The Morgan fingerprint density at radius 2 is 2.30 bits per heavy atom. The summed E-state index contributed by atoms with van der Waals surface area (Å²) in [6.45, 7) is 5.48. The third-order valence-corrected chi connectivity index (χ3v) is 3.63. The molecule has 0 aliphatic heterocycles. The van der Waals surface area contributed by atoms with Gasteiger partial charge >= 0.3 is 87.3 Å². The third-order valence-electron chi connectivity index (χ3n) is 0.588. The van der Waals surface area contributed by atoms with Crippen molar-refractivity contribution >= 4 is 35.7 Å². The summed E-state index contributed by atoms with van der Waals surface area (Å²) in [6, 6.07) is 0. The molecule has 5 heteroatoms. The molecule has 0 heterocycles. The van der Waals surface area contributed by atoms with Gasteiger partial charge in [-0.25, -0.2) is 0 Å². The summed E-state index contributed by atoms with van der Waals surface area (Å²) in [5, 5.41) is 0. The molecular weight excluding hydrogens is 435 g/mol. The number of carbonyl (C=O) groups excluding carboxylic acids is 1. The number of nitrogens with two attached hydrogens (primary N) is 1. The molecule has 2 N–H and O–H groups in total. The number of nitrogens with zero attached hydrogens (tertiary/aromatic N) is 1. The molecule has 0 aliphatic carbocycles. The second-order valence-electron chi connectivity index (χ2n) is 1.56. The first-order valence-electron chi connectivity index (χ1n) is 2.46. The molecule has 0 rings (SSSR count). The van der Waals surface area contributed by atoms with Crippen LogP contribution in [0.25, 0.3) is 0 Å². The van der Waals surface area contributed by atoms with Crippen LogP contribution in [0.4, 0.5) is 0 Å². The van der Waals surface area contributed by atoms with E-state index in [2.05, 4.69) is 9.38 Å². The Balaban J connectivity index is 3.99. The molecule has 0 saturated heterocycles. The van der Waals surface area contributed by atoms with Gasteiger partial charge in [0.15, 0.2) is 0 Å². The first-order valence-corrected chi connectivity index (χ1v) is 6.62. The van der Waals surface area contributed by atoms with E-state index in [9.17, 15) is 4.79 Å². The molecule has 3 nitrogen and oxygen atoms in total. The zero-order valence-corrected chi connectivity index (χ0v) is 12.2. The molecule has 0 aliphatic rings. The molecule has 0 aromatic rings. The Labute approximate surface area is 86.5 Å². The topological polar surface area (TPSA) is 55.5 Å². The number of hydrogen-bond donors (Lipinski definition) is 1. The Morgan fingerprint density at radius 3 is 2.60 bits per heavy atom. The molecule has 10 heavy (non-hydrogen) atoms. The predicted octanol–water partition coefficient (Wildman–Crippen LogP) is -3.42. The molecule has 0 aromatic heterocycles. The third kappa shape index (κ3) is 4.36. The monoisotopic (exact) mass is 443 g/mol. The van der Waals surface area contributed by atoms with Crippen molar-refractivity contribution in [2.45, 2.75) is 6.92 Å². The standard InChI is InChI=1S/C5H7IN2O.Tl/c1-3(2)6-4(9)5(7)8;/h1H2,2H3,(H2-,7,8);/q-2;+1. The summed E-state index contributed by atoms with van der Waals surface area (Å²) in [5.74, 6) is 0.195. The number of carbonyl (C=O) groups is 1. The molecular formula is C5H7IN2OTl-. The fraction of sp³-hybridized carbons (Fsp3) is 0.200. The minimum absolute atomic E-state index is 0.00574. The molecule has 0 saturated carbocycles. The number of amidine groups is 1. The number of rotatable bonds is 3. The first-order chi connectivity index (χ1) is 4.57. The van der Waals surface area contributed by atoms with Crippen molar-refractivity contribution in [2.24, 2.45) is 8.54 Å². The summed E-state index contributed by atoms with van der Waals surface area (Å²) >= 11 is -0.187. The van der Waals surface area contributed by atoms with E-state index in [0.717, 1.165) is 3.58 Å². The zero-order chi connectivity index (χ0) is 8.15. The molecule has 0 unspecified atom stereocenters. The second-order valence-corrected chi connectivity index (χ2v) is 5.92. The summed E-state index contributed by atoms with van der Waals surface area (Å²) in [6.07, 6.45) is 0. The molecule has 0 atom stereocenters. The van der Waals surface area contributed by atoms with Crippen LogP contribution in [0.15, 0.2) is 13.0 Å².